The predicted molar refractivity (Wildman–Crippen MR) is 80.5 cm³/mol. The highest BCUT2D eigenvalue weighted by Crippen LogP contribution is 2.21. The summed E-state index contributed by atoms with van der Waals surface area (Å²) in [5, 5.41) is 11.6. The van der Waals surface area contributed by atoms with Gasteiger partial charge in [-0.15, -0.1) is 16.9 Å². The summed E-state index contributed by atoms with van der Waals surface area (Å²) in [5.41, 5.74) is 1.20. The van der Waals surface area contributed by atoms with E-state index in [1.54, 1.807) is 10.7 Å². The van der Waals surface area contributed by atoms with Crippen molar-refractivity contribution in [2.24, 2.45) is 0 Å². The number of rotatable bonds is 5. The number of hydrogen-bond acceptors (Lipinski definition) is 4. The van der Waals surface area contributed by atoms with E-state index in [1.807, 2.05) is 30.3 Å². The molecule has 3 aromatic rings. The molecular formula is C15H12F2N4S. The summed E-state index contributed by atoms with van der Waals surface area (Å²) in [6.45, 7) is 0. The Labute approximate surface area is 130 Å². The summed E-state index contributed by atoms with van der Waals surface area (Å²) in [6, 6.07) is 13.7. The van der Waals surface area contributed by atoms with Crippen LogP contribution in [0.2, 0.25) is 0 Å². The highest BCUT2D eigenvalue weighted by Gasteiger charge is 2.10. The van der Waals surface area contributed by atoms with E-state index < -0.39 is 11.6 Å². The predicted octanol–water partition coefficient (Wildman–Crippen LogP) is 3.37. The van der Waals surface area contributed by atoms with Gasteiger partial charge in [0.25, 0.3) is 0 Å². The van der Waals surface area contributed by atoms with Gasteiger partial charge in [-0.25, -0.2) is 8.78 Å². The Morgan fingerprint density at radius 2 is 1.77 bits per heavy atom. The van der Waals surface area contributed by atoms with E-state index in [-0.39, 0.29) is 0 Å². The number of aromatic nitrogens is 4. The minimum Gasteiger partial charge on any atom is -0.204 e. The molecule has 112 valence electrons. The number of halogens is 2. The smallest absolute Gasteiger partial charge is 0.166 e. The first-order chi connectivity index (χ1) is 10.8. The van der Waals surface area contributed by atoms with Gasteiger partial charge in [-0.2, -0.15) is 4.68 Å². The van der Waals surface area contributed by atoms with Crippen molar-refractivity contribution in [3.05, 3.63) is 71.6 Å². The summed E-state index contributed by atoms with van der Waals surface area (Å²) in [6.07, 6.45) is 0. The molecule has 7 heteroatoms. The Kier molecular flexibility index (Phi) is 4.43. The largest absolute Gasteiger partial charge is 0.204 e. The van der Waals surface area contributed by atoms with Crippen molar-refractivity contribution in [2.75, 3.05) is 0 Å². The minimum absolute atomic E-state index is 0.337. The van der Waals surface area contributed by atoms with Gasteiger partial charge in [0, 0.05) is 11.3 Å². The van der Waals surface area contributed by atoms with Crippen LogP contribution in [0.4, 0.5) is 8.78 Å². The lowest BCUT2D eigenvalue weighted by Gasteiger charge is -2.05. The lowest BCUT2D eigenvalue weighted by Crippen LogP contribution is -2.02. The van der Waals surface area contributed by atoms with Crippen molar-refractivity contribution in [3.8, 4) is 5.69 Å². The molecule has 3 rings (SSSR count). The second-order valence-corrected chi connectivity index (χ2v) is 5.53. The zero-order chi connectivity index (χ0) is 15.4. The van der Waals surface area contributed by atoms with Gasteiger partial charge >= 0.3 is 0 Å². The molecule has 0 saturated carbocycles. The van der Waals surface area contributed by atoms with Crippen molar-refractivity contribution in [2.45, 2.75) is 11.5 Å². The molecule has 0 N–H and O–H groups in total. The highest BCUT2D eigenvalue weighted by molar-refractivity contribution is 7.97. The monoisotopic (exact) mass is 318 g/mol. The Hall–Kier alpha value is -2.28. The molecular weight excluding hydrogens is 306 g/mol. The summed E-state index contributed by atoms with van der Waals surface area (Å²) in [5.74, 6) is -0.110. The van der Waals surface area contributed by atoms with Crippen LogP contribution >= 0.6 is 11.8 Å². The number of para-hydroxylation sites is 1. The molecule has 4 nitrogen and oxygen atoms in total. The van der Waals surface area contributed by atoms with Gasteiger partial charge in [0.15, 0.2) is 17.5 Å². The molecule has 0 fully saturated rings. The van der Waals surface area contributed by atoms with E-state index in [0.29, 0.717) is 22.9 Å². The van der Waals surface area contributed by atoms with Gasteiger partial charge in [0.1, 0.15) is 0 Å². The quantitative estimate of drug-likeness (QED) is 0.723. The average molecular weight is 318 g/mol. The Balaban J connectivity index is 1.68. The van der Waals surface area contributed by atoms with Crippen LogP contribution in [0, 0.1) is 11.6 Å². The van der Waals surface area contributed by atoms with Crippen molar-refractivity contribution in [3.63, 3.8) is 0 Å². The first kappa shape index (κ1) is 14.6. The van der Waals surface area contributed by atoms with Crippen LogP contribution in [0.3, 0.4) is 0 Å². The maximum Gasteiger partial charge on any atom is 0.166 e. The maximum absolute atomic E-state index is 13.6. The van der Waals surface area contributed by atoms with Crippen LogP contribution in [0.15, 0.2) is 48.5 Å². The van der Waals surface area contributed by atoms with Crippen molar-refractivity contribution in [1.82, 2.24) is 20.2 Å². The van der Waals surface area contributed by atoms with Crippen LogP contribution < -0.4 is 0 Å². The maximum atomic E-state index is 13.6. The van der Waals surface area contributed by atoms with E-state index in [2.05, 4.69) is 15.5 Å². The second kappa shape index (κ2) is 6.65. The molecule has 0 aliphatic heterocycles. The molecule has 2 aromatic carbocycles. The molecule has 0 aliphatic rings. The summed E-state index contributed by atoms with van der Waals surface area (Å²) < 4.78 is 28.4. The van der Waals surface area contributed by atoms with E-state index in [4.69, 9.17) is 0 Å². The zero-order valence-corrected chi connectivity index (χ0v) is 12.3. The highest BCUT2D eigenvalue weighted by atomic mass is 32.2. The molecule has 0 unspecified atom stereocenters. The lowest BCUT2D eigenvalue weighted by molar-refractivity contribution is 0.502. The number of nitrogens with zero attached hydrogens (tertiary/aromatic N) is 4. The third-order valence-corrected chi connectivity index (χ3v) is 4.03. The molecule has 0 amide bonds. The number of tetrazole rings is 1. The summed E-state index contributed by atoms with van der Waals surface area (Å²) in [7, 11) is 0. The first-order valence-electron chi connectivity index (χ1n) is 6.59. The fraction of sp³-hybridized carbons (Fsp3) is 0.133. The van der Waals surface area contributed by atoms with E-state index in [1.165, 1.54) is 17.8 Å². The fourth-order valence-electron chi connectivity index (χ4n) is 1.98. The van der Waals surface area contributed by atoms with E-state index >= 15 is 0 Å². The van der Waals surface area contributed by atoms with Crippen molar-refractivity contribution >= 4 is 11.8 Å². The van der Waals surface area contributed by atoms with Crippen LogP contribution in [0.5, 0.6) is 0 Å². The Morgan fingerprint density at radius 3 is 2.59 bits per heavy atom. The lowest BCUT2D eigenvalue weighted by atomic mass is 10.2. The third kappa shape index (κ3) is 3.14. The van der Waals surface area contributed by atoms with E-state index in [0.717, 1.165) is 11.8 Å². The molecule has 1 heterocycles. The van der Waals surface area contributed by atoms with Crippen LogP contribution in [-0.2, 0) is 11.5 Å². The Bertz CT molecular complexity index is 761. The molecule has 22 heavy (non-hydrogen) atoms. The van der Waals surface area contributed by atoms with Gasteiger partial charge in [-0.3, -0.25) is 0 Å². The number of benzene rings is 2. The zero-order valence-electron chi connectivity index (χ0n) is 11.5. The van der Waals surface area contributed by atoms with Crippen molar-refractivity contribution in [1.29, 1.82) is 0 Å². The van der Waals surface area contributed by atoms with Crippen molar-refractivity contribution < 1.29 is 8.78 Å². The minimum atomic E-state index is -0.827. The second-order valence-electron chi connectivity index (χ2n) is 4.55. The molecule has 0 spiro atoms. The third-order valence-electron chi connectivity index (χ3n) is 3.06. The molecule has 0 saturated heterocycles. The van der Waals surface area contributed by atoms with Gasteiger partial charge in [-0.1, -0.05) is 30.3 Å². The van der Waals surface area contributed by atoms with Crippen LogP contribution in [0.25, 0.3) is 5.69 Å². The van der Waals surface area contributed by atoms with Gasteiger partial charge in [-0.05, 0) is 28.6 Å². The summed E-state index contributed by atoms with van der Waals surface area (Å²) >= 11 is 1.43. The molecule has 0 aliphatic carbocycles. The number of thioether (sulfide) groups is 1. The molecule has 1 aromatic heterocycles. The number of hydrogen-bond donors (Lipinski definition) is 0. The molecule has 0 atom stereocenters. The first-order valence-corrected chi connectivity index (χ1v) is 7.74. The molecule has 0 bridgehead atoms. The SMILES string of the molecule is Fc1cccc(CSCc2nnnn2-c2ccccc2)c1F. The van der Waals surface area contributed by atoms with Gasteiger partial charge < -0.3 is 0 Å². The standard InChI is InChI=1S/C15H12F2N4S/c16-13-8-4-5-11(15(13)17)9-22-10-14-18-19-20-21(14)12-6-2-1-3-7-12/h1-8H,9-10H2. The average Bonchev–Trinajstić information content (AvgIpc) is 3.01. The van der Waals surface area contributed by atoms with Gasteiger partial charge in [0.05, 0.1) is 11.4 Å². The van der Waals surface area contributed by atoms with Crippen LogP contribution in [-0.4, -0.2) is 20.2 Å². The normalized spacial score (nSPS) is 10.8. The van der Waals surface area contributed by atoms with Gasteiger partial charge in [0.2, 0.25) is 0 Å². The molecule has 0 radical (unpaired) electrons. The Morgan fingerprint density at radius 1 is 0.955 bits per heavy atom. The van der Waals surface area contributed by atoms with Crippen LogP contribution in [0.1, 0.15) is 11.4 Å². The topological polar surface area (TPSA) is 43.6 Å². The fourth-order valence-corrected chi connectivity index (χ4v) is 2.89. The van der Waals surface area contributed by atoms with E-state index in [9.17, 15) is 8.78 Å². The summed E-state index contributed by atoms with van der Waals surface area (Å²) in [4.78, 5) is 0.